The zero-order valence-corrected chi connectivity index (χ0v) is 12.9. The van der Waals surface area contributed by atoms with Gasteiger partial charge in [-0.25, -0.2) is 4.98 Å². The highest BCUT2D eigenvalue weighted by molar-refractivity contribution is 7.09. The maximum absolute atomic E-state index is 11.9. The number of carbonyl (C=O) groups is 1. The van der Waals surface area contributed by atoms with Crippen molar-refractivity contribution in [3.8, 4) is 0 Å². The molecule has 1 aliphatic rings. The number of carbonyl (C=O) groups excluding carboxylic acids is 1. The molecule has 2 rings (SSSR count). The van der Waals surface area contributed by atoms with Gasteiger partial charge in [0.1, 0.15) is 6.61 Å². The molecule has 0 spiro atoms. The van der Waals surface area contributed by atoms with Crippen LogP contribution in [0.1, 0.15) is 32.0 Å². The maximum atomic E-state index is 11.9. The fraction of sp³-hybridized carbons (Fsp3) is 0.769. The predicted molar refractivity (Wildman–Crippen MR) is 78.9 cm³/mol. The van der Waals surface area contributed by atoms with Crippen molar-refractivity contribution in [2.24, 2.45) is 5.92 Å². The predicted octanol–water partition coefficient (Wildman–Crippen LogP) is 1.43. The van der Waals surface area contributed by atoms with Gasteiger partial charge in [0.25, 0.3) is 0 Å². The van der Waals surface area contributed by atoms with Crippen LogP contribution in [0.2, 0.25) is 0 Å². The number of aromatic nitrogens is 2. The van der Waals surface area contributed by atoms with Crippen LogP contribution < -0.4 is 10.2 Å². The average molecular weight is 298 g/mol. The standard InChI is InChI=1S/C13H22N4O2S/c1-3-6-14-12(18)10-4-7-17(8-5-10)13-15-11(9-19-2)16-20-13/h10H,3-9H2,1-2H3,(H,14,18). The minimum Gasteiger partial charge on any atom is -0.377 e. The van der Waals surface area contributed by atoms with Crippen molar-refractivity contribution < 1.29 is 9.53 Å². The van der Waals surface area contributed by atoms with Gasteiger partial charge in [-0.15, -0.1) is 0 Å². The number of hydrogen-bond donors (Lipinski definition) is 1. The average Bonchev–Trinajstić information content (AvgIpc) is 2.94. The monoisotopic (exact) mass is 298 g/mol. The Bertz CT molecular complexity index is 430. The highest BCUT2D eigenvalue weighted by Crippen LogP contribution is 2.24. The molecule has 0 bridgehead atoms. The fourth-order valence-electron chi connectivity index (χ4n) is 2.29. The van der Waals surface area contributed by atoms with Crippen LogP contribution in [0.3, 0.4) is 0 Å². The van der Waals surface area contributed by atoms with E-state index < -0.39 is 0 Å². The van der Waals surface area contributed by atoms with Crippen LogP contribution in [-0.2, 0) is 16.1 Å². The summed E-state index contributed by atoms with van der Waals surface area (Å²) in [6, 6.07) is 0. The second-order valence-electron chi connectivity index (χ2n) is 4.98. The molecule has 0 radical (unpaired) electrons. The first-order chi connectivity index (χ1) is 9.74. The Morgan fingerprint density at radius 1 is 1.50 bits per heavy atom. The molecule has 1 aliphatic heterocycles. The summed E-state index contributed by atoms with van der Waals surface area (Å²) in [4.78, 5) is 18.6. The quantitative estimate of drug-likeness (QED) is 0.860. The lowest BCUT2D eigenvalue weighted by atomic mass is 9.96. The summed E-state index contributed by atoms with van der Waals surface area (Å²) in [6.07, 6.45) is 2.75. The molecule has 7 heteroatoms. The van der Waals surface area contributed by atoms with Crippen LogP contribution in [-0.4, -0.2) is 42.0 Å². The van der Waals surface area contributed by atoms with Gasteiger partial charge in [-0.1, -0.05) is 6.92 Å². The Balaban J connectivity index is 1.82. The zero-order valence-electron chi connectivity index (χ0n) is 12.1. The van der Waals surface area contributed by atoms with Gasteiger partial charge in [-0.05, 0) is 19.3 Å². The number of methoxy groups -OCH3 is 1. The van der Waals surface area contributed by atoms with Crippen molar-refractivity contribution >= 4 is 22.6 Å². The normalized spacial score (nSPS) is 16.4. The smallest absolute Gasteiger partial charge is 0.223 e. The van der Waals surface area contributed by atoms with E-state index in [1.807, 2.05) is 0 Å². The number of ether oxygens (including phenoxy) is 1. The van der Waals surface area contributed by atoms with E-state index in [0.29, 0.717) is 6.61 Å². The molecule has 2 heterocycles. The molecule has 0 aromatic carbocycles. The molecule has 1 aromatic rings. The van der Waals surface area contributed by atoms with E-state index in [9.17, 15) is 4.79 Å². The summed E-state index contributed by atoms with van der Waals surface area (Å²) in [5, 5.41) is 3.91. The third-order valence-corrected chi connectivity index (χ3v) is 4.23. The highest BCUT2D eigenvalue weighted by atomic mass is 32.1. The lowest BCUT2D eigenvalue weighted by molar-refractivity contribution is -0.125. The molecule has 1 saturated heterocycles. The molecule has 112 valence electrons. The van der Waals surface area contributed by atoms with Gasteiger partial charge in [-0.2, -0.15) is 4.37 Å². The number of nitrogens with one attached hydrogen (secondary N) is 1. The van der Waals surface area contributed by atoms with Crippen molar-refractivity contribution in [3.63, 3.8) is 0 Å². The van der Waals surface area contributed by atoms with Gasteiger partial charge >= 0.3 is 0 Å². The summed E-state index contributed by atoms with van der Waals surface area (Å²) < 4.78 is 9.29. The zero-order chi connectivity index (χ0) is 14.4. The SMILES string of the molecule is CCCNC(=O)C1CCN(c2nc(COC)ns2)CC1. The van der Waals surface area contributed by atoms with Gasteiger partial charge in [0.05, 0.1) is 0 Å². The topological polar surface area (TPSA) is 67.4 Å². The Hall–Kier alpha value is -1.21. The van der Waals surface area contributed by atoms with E-state index in [4.69, 9.17) is 4.74 Å². The van der Waals surface area contributed by atoms with Crippen molar-refractivity contribution in [2.75, 3.05) is 31.6 Å². The third kappa shape index (κ3) is 3.89. The molecular formula is C13H22N4O2S. The van der Waals surface area contributed by atoms with E-state index in [1.165, 1.54) is 11.5 Å². The molecule has 1 amide bonds. The number of amides is 1. The number of piperidine rings is 1. The van der Waals surface area contributed by atoms with E-state index >= 15 is 0 Å². The molecule has 1 fully saturated rings. The van der Waals surface area contributed by atoms with E-state index in [-0.39, 0.29) is 11.8 Å². The lowest BCUT2D eigenvalue weighted by Crippen LogP contribution is -2.40. The summed E-state index contributed by atoms with van der Waals surface area (Å²) in [7, 11) is 1.64. The van der Waals surface area contributed by atoms with Gasteiger partial charge < -0.3 is 15.0 Å². The molecule has 0 unspecified atom stereocenters. The number of anilines is 1. The summed E-state index contributed by atoms with van der Waals surface area (Å²) in [5.41, 5.74) is 0. The van der Waals surface area contributed by atoms with Crippen molar-refractivity contribution in [2.45, 2.75) is 32.8 Å². The van der Waals surface area contributed by atoms with E-state index in [2.05, 4.69) is 26.5 Å². The van der Waals surface area contributed by atoms with Crippen LogP contribution in [0.4, 0.5) is 5.13 Å². The molecule has 0 saturated carbocycles. The van der Waals surface area contributed by atoms with Crippen LogP contribution in [0, 0.1) is 5.92 Å². The molecular weight excluding hydrogens is 276 g/mol. The third-order valence-electron chi connectivity index (χ3n) is 3.42. The number of hydrogen-bond acceptors (Lipinski definition) is 6. The van der Waals surface area contributed by atoms with E-state index in [1.54, 1.807) is 7.11 Å². The minimum absolute atomic E-state index is 0.143. The van der Waals surface area contributed by atoms with Crippen LogP contribution >= 0.6 is 11.5 Å². The van der Waals surface area contributed by atoms with Gasteiger partial charge in [-0.3, -0.25) is 4.79 Å². The van der Waals surface area contributed by atoms with Crippen LogP contribution in [0.5, 0.6) is 0 Å². The van der Waals surface area contributed by atoms with Crippen LogP contribution in [0.15, 0.2) is 0 Å². The first-order valence-electron chi connectivity index (χ1n) is 7.08. The molecule has 0 atom stereocenters. The maximum Gasteiger partial charge on any atom is 0.223 e. The fourth-order valence-corrected chi connectivity index (χ4v) is 3.01. The van der Waals surface area contributed by atoms with Gasteiger partial charge in [0.2, 0.25) is 11.0 Å². The first-order valence-corrected chi connectivity index (χ1v) is 7.86. The Morgan fingerprint density at radius 3 is 2.90 bits per heavy atom. The number of nitrogens with zero attached hydrogens (tertiary/aromatic N) is 3. The summed E-state index contributed by atoms with van der Waals surface area (Å²) >= 11 is 1.40. The Kier molecular flexibility index (Phi) is 5.72. The Labute approximate surface area is 123 Å². The number of rotatable bonds is 6. The summed E-state index contributed by atoms with van der Waals surface area (Å²) in [6.45, 7) is 5.02. The molecule has 1 N–H and O–H groups in total. The van der Waals surface area contributed by atoms with Crippen molar-refractivity contribution in [3.05, 3.63) is 5.82 Å². The Morgan fingerprint density at radius 2 is 2.25 bits per heavy atom. The second-order valence-corrected chi connectivity index (χ2v) is 5.71. The van der Waals surface area contributed by atoms with Gasteiger partial charge in [0.15, 0.2) is 5.82 Å². The minimum atomic E-state index is 0.143. The lowest BCUT2D eigenvalue weighted by Gasteiger charge is -2.30. The van der Waals surface area contributed by atoms with Crippen molar-refractivity contribution in [1.29, 1.82) is 0 Å². The largest absolute Gasteiger partial charge is 0.377 e. The molecule has 20 heavy (non-hydrogen) atoms. The molecule has 6 nitrogen and oxygen atoms in total. The first kappa shape index (κ1) is 15.2. The van der Waals surface area contributed by atoms with Crippen LogP contribution in [0.25, 0.3) is 0 Å². The molecule has 1 aromatic heterocycles. The molecule has 0 aliphatic carbocycles. The second kappa shape index (κ2) is 7.54. The van der Waals surface area contributed by atoms with E-state index in [0.717, 1.165) is 49.9 Å². The van der Waals surface area contributed by atoms with Gasteiger partial charge in [0, 0.05) is 44.2 Å². The van der Waals surface area contributed by atoms with Crippen molar-refractivity contribution in [1.82, 2.24) is 14.7 Å². The highest BCUT2D eigenvalue weighted by Gasteiger charge is 2.26. The summed E-state index contributed by atoms with van der Waals surface area (Å²) in [5.74, 6) is 1.07.